The molecule has 0 unspecified atom stereocenters. The van der Waals surface area contributed by atoms with Crippen LogP contribution in [0.25, 0.3) is 0 Å². The maximum Gasteiger partial charge on any atom is 0.337 e. The van der Waals surface area contributed by atoms with Gasteiger partial charge in [0.2, 0.25) is 0 Å². The molecule has 0 saturated carbocycles. The monoisotopic (exact) mass is 224 g/mol. The summed E-state index contributed by atoms with van der Waals surface area (Å²) in [6.07, 6.45) is 0. The average Bonchev–Trinajstić information content (AvgIpc) is 2.26. The largest absolute Gasteiger partial charge is 0.465 e. The molecule has 0 aliphatic rings. The second kappa shape index (κ2) is 5.41. The number of rotatable bonds is 3. The van der Waals surface area contributed by atoms with Crippen LogP contribution < -0.4 is 5.73 Å². The highest BCUT2D eigenvalue weighted by Gasteiger charge is 2.04. The van der Waals surface area contributed by atoms with Gasteiger partial charge in [0.15, 0.2) is 5.17 Å². The zero-order valence-corrected chi connectivity index (χ0v) is 9.14. The van der Waals surface area contributed by atoms with Gasteiger partial charge in [-0.05, 0) is 17.7 Å². The van der Waals surface area contributed by atoms with Crippen LogP contribution in [0.4, 0.5) is 0 Å². The topological polar surface area (TPSA) is 76.2 Å². The Kier molecular flexibility index (Phi) is 4.17. The molecule has 0 fully saturated rings. The van der Waals surface area contributed by atoms with E-state index in [1.54, 1.807) is 12.1 Å². The van der Waals surface area contributed by atoms with Gasteiger partial charge in [0.25, 0.3) is 0 Å². The first-order chi connectivity index (χ1) is 7.13. The second-order valence-electron chi connectivity index (χ2n) is 2.84. The predicted molar refractivity (Wildman–Crippen MR) is 61.0 cm³/mol. The zero-order chi connectivity index (χ0) is 11.3. The second-order valence-corrected chi connectivity index (χ2v) is 3.86. The average molecular weight is 224 g/mol. The minimum atomic E-state index is -0.347. The van der Waals surface area contributed by atoms with Crippen molar-refractivity contribution in [3.05, 3.63) is 35.4 Å². The van der Waals surface area contributed by atoms with E-state index < -0.39 is 0 Å². The summed E-state index contributed by atoms with van der Waals surface area (Å²) in [7, 11) is 1.35. The predicted octanol–water partition coefficient (Wildman–Crippen LogP) is 1.60. The molecule has 0 heterocycles. The van der Waals surface area contributed by atoms with E-state index in [9.17, 15) is 4.79 Å². The number of nitrogens with one attached hydrogen (secondary N) is 1. The number of carbonyl (C=O) groups excluding carboxylic acids is 1. The molecule has 1 aromatic rings. The molecule has 4 nitrogen and oxygen atoms in total. The normalized spacial score (nSPS) is 9.67. The van der Waals surface area contributed by atoms with Crippen LogP contribution in [-0.2, 0) is 10.5 Å². The molecular weight excluding hydrogens is 212 g/mol. The molecule has 80 valence electrons. The number of thioether (sulfide) groups is 1. The molecule has 0 bridgehead atoms. The lowest BCUT2D eigenvalue weighted by molar-refractivity contribution is 0.0601. The van der Waals surface area contributed by atoms with Crippen molar-refractivity contribution in [3.8, 4) is 0 Å². The third kappa shape index (κ3) is 3.63. The van der Waals surface area contributed by atoms with E-state index in [-0.39, 0.29) is 11.1 Å². The van der Waals surface area contributed by atoms with Crippen LogP contribution in [0.1, 0.15) is 15.9 Å². The number of esters is 1. The SMILES string of the molecule is COC(=O)c1ccc(CSC(=N)N)cc1. The summed E-state index contributed by atoms with van der Waals surface area (Å²) >= 11 is 1.25. The number of ether oxygens (including phenoxy) is 1. The Labute approximate surface area is 92.3 Å². The van der Waals surface area contributed by atoms with Crippen LogP contribution in [0, 0.1) is 5.41 Å². The lowest BCUT2D eigenvalue weighted by Crippen LogP contribution is -2.04. The molecule has 15 heavy (non-hydrogen) atoms. The van der Waals surface area contributed by atoms with Gasteiger partial charge in [0.1, 0.15) is 0 Å². The maximum absolute atomic E-state index is 11.1. The Hall–Kier alpha value is -1.49. The third-order valence-electron chi connectivity index (χ3n) is 1.77. The van der Waals surface area contributed by atoms with Crippen LogP contribution in [0.3, 0.4) is 0 Å². The molecule has 0 radical (unpaired) electrons. The van der Waals surface area contributed by atoms with E-state index in [4.69, 9.17) is 11.1 Å². The number of methoxy groups -OCH3 is 1. The standard InChI is InChI=1S/C10H12N2O2S/c1-14-9(13)8-4-2-7(3-5-8)6-15-10(11)12/h2-5H,6H2,1H3,(H3,11,12). The van der Waals surface area contributed by atoms with Gasteiger partial charge in [0, 0.05) is 5.75 Å². The van der Waals surface area contributed by atoms with Gasteiger partial charge in [0.05, 0.1) is 12.7 Å². The smallest absolute Gasteiger partial charge is 0.337 e. The van der Waals surface area contributed by atoms with Crippen LogP contribution in [0.2, 0.25) is 0 Å². The molecule has 1 rings (SSSR count). The Bertz CT molecular complexity index is 362. The Morgan fingerprint density at radius 2 is 2.07 bits per heavy atom. The fraction of sp³-hybridized carbons (Fsp3) is 0.200. The highest BCUT2D eigenvalue weighted by atomic mass is 32.2. The minimum absolute atomic E-state index is 0.0899. The minimum Gasteiger partial charge on any atom is -0.465 e. The van der Waals surface area contributed by atoms with Gasteiger partial charge in [-0.1, -0.05) is 23.9 Å². The van der Waals surface area contributed by atoms with Crippen molar-refractivity contribution in [2.75, 3.05) is 7.11 Å². The summed E-state index contributed by atoms with van der Waals surface area (Å²) in [4.78, 5) is 11.1. The fourth-order valence-electron chi connectivity index (χ4n) is 1.02. The zero-order valence-electron chi connectivity index (χ0n) is 8.32. The van der Waals surface area contributed by atoms with Crippen molar-refractivity contribution in [1.29, 1.82) is 5.41 Å². The highest BCUT2D eigenvalue weighted by Crippen LogP contribution is 2.12. The number of carbonyl (C=O) groups is 1. The Morgan fingerprint density at radius 1 is 1.47 bits per heavy atom. The molecule has 0 aromatic heterocycles. The van der Waals surface area contributed by atoms with E-state index in [0.29, 0.717) is 11.3 Å². The first-order valence-electron chi connectivity index (χ1n) is 4.27. The first kappa shape index (κ1) is 11.6. The molecule has 0 aliphatic heterocycles. The number of benzene rings is 1. The van der Waals surface area contributed by atoms with E-state index in [2.05, 4.69) is 4.74 Å². The van der Waals surface area contributed by atoms with Crippen molar-refractivity contribution in [1.82, 2.24) is 0 Å². The summed E-state index contributed by atoms with van der Waals surface area (Å²) in [5.74, 6) is 0.289. The molecule has 5 heteroatoms. The Balaban J connectivity index is 2.64. The molecule has 3 N–H and O–H groups in total. The van der Waals surface area contributed by atoms with Gasteiger partial charge in [-0.2, -0.15) is 0 Å². The molecular formula is C10H12N2O2S. The van der Waals surface area contributed by atoms with E-state index in [0.717, 1.165) is 5.56 Å². The Morgan fingerprint density at radius 3 is 2.53 bits per heavy atom. The number of nitrogens with two attached hydrogens (primary N) is 1. The maximum atomic E-state index is 11.1. The van der Waals surface area contributed by atoms with E-state index >= 15 is 0 Å². The quantitative estimate of drug-likeness (QED) is 0.464. The van der Waals surface area contributed by atoms with Crippen molar-refractivity contribution < 1.29 is 9.53 Å². The summed E-state index contributed by atoms with van der Waals surface area (Å²) in [5.41, 5.74) is 6.75. The van der Waals surface area contributed by atoms with Gasteiger partial charge in [-0.3, -0.25) is 5.41 Å². The third-order valence-corrected chi connectivity index (χ3v) is 2.56. The number of amidine groups is 1. The summed E-state index contributed by atoms with van der Waals surface area (Å²) < 4.78 is 4.58. The van der Waals surface area contributed by atoms with Crippen molar-refractivity contribution in [2.24, 2.45) is 5.73 Å². The van der Waals surface area contributed by atoms with Crippen LogP contribution in [0.5, 0.6) is 0 Å². The number of hydrogen-bond acceptors (Lipinski definition) is 4. The van der Waals surface area contributed by atoms with Crippen molar-refractivity contribution >= 4 is 22.9 Å². The lowest BCUT2D eigenvalue weighted by Gasteiger charge is -2.02. The fourth-order valence-corrected chi connectivity index (χ4v) is 1.53. The summed E-state index contributed by atoms with van der Waals surface area (Å²) in [6.45, 7) is 0. The van der Waals surface area contributed by atoms with E-state index in [1.165, 1.54) is 18.9 Å². The molecule has 0 amide bonds. The van der Waals surface area contributed by atoms with Gasteiger partial charge in [-0.25, -0.2) is 4.79 Å². The summed E-state index contributed by atoms with van der Waals surface area (Å²) in [5, 5.41) is 7.14. The molecule has 0 aliphatic carbocycles. The first-order valence-corrected chi connectivity index (χ1v) is 5.26. The van der Waals surface area contributed by atoms with Gasteiger partial charge < -0.3 is 10.5 Å². The van der Waals surface area contributed by atoms with Crippen LogP contribution in [-0.4, -0.2) is 18.2 Å². The van der Waals surface area contributed by atoms with Crippen LogP contribution in [0.15, 0.2) is 24.3 Å². The number of hydrogen-bond donors (Lipinski definition) is 2. The molecule has 1 aromatic carbocycles. The van der Waals surface area contributed by atoms with Crippen molar-refractivity contribution in [2.45, 2.75) is 5.75 Å². The van der Waals surface area contributed by atoms with Gasteiger partial charge >= 0.3 is 5.97 Å². The molecule has 0 atom stereocenters. The lowest BCUT2D eigenvalue weighted by atomic mass is 10.1. The molecule has 0 spiro atoms. The summed E-state index contributed by atoms with van der Waals surface area (Å²) in [6, 6.07) is 7.04. The van der Waals surface area contributed by atoms with E-state index in [1.807, 2.05) is 12.1 Å². The van der Waals surface area contributed by atoms with Crippen molar-refractivity contribution in [3.63, 3.8) is 0 Å². The van der Waals surface area contributed by atoms with Gasteiger partial charge in [-0.15, -0.1) is 0 Å². The molecule has 0 saturated heterocycles. The van der Waals surface area contributed by atoms with Crippen LogP contribution >= 0.6 is 11.8 Å². The highest BCUT2D eigenvalue weighted by molar-refractivity contribution is 8.13.